The Kier molecular flexibility index (Phi) is 8.56. The quantitative estimate of drug-likeness (QED) is 0.407. The van der Waals surface area contributed by atoms with E-state index in [0.717, 1.165) is 40.8 Å². The molecule has 3 aromatic rings. The summed E-state index contributed by atoms with van der Waals surface area (Å²) in [5.41, 5.74) is 2.26. The molecule has 1 saturated heterocycles. The lowest BCUT2D eigenvalue weighted by Gasteiger charge is -2.33. The molecular weight excluding hydrogens is 505 g/mol. The molecule has 2 unspecified atom stereocenters. The Balaban J connectivity index is 1.50. The van der Waals surface area contributed by atoms with Crippen molar-refractivity contribution in [1.82, 2.24) is 5.32 Å². The number of anilines is 2. The minimum atomic E-state index is -4.12. The van der Waals surface area contributed by atoms with Crippen LogP contribution in [-0.2, 0) is 14.8 Å². The highest BCUT2D eigenvalue weighted by Gasteiger charge is 2.28. The van der Waals surface area contributed by atoms with Gasteiger partial charge < -0.3 is 15.0 Å². The van der Waals surface area contributed by atoms with Crippen molar-refractivity contribution in [1.29, 1.82) is 0 Å². The highest BCUT2D eigenvalue weighted by Crippen LogP contribution is 2.27. The maximum atomic E-state index is 13.6. The molecule has 1 N–H and O–H groups in total. The number of nitrogens with zero attached hydrogens (tertiary/aromatic N) is 2. The minimum Gasteiger partial charge on any atom is -0.497 e. The van der Waals surface area contributed by atoms with Gasteiger partial charge in [-0.1, -0.05) is 19.1 Å². The zero-order chi connectivity index (χ0) is 27.3. The van der Waals surface area contributed by atoms with Gasteiger partial charge in [0, 0.05) is 18.8 Å². The van der Waals surface area contributed by atoms with E-state index in [1.54, 1.807) is 0 Å². The van der Waals surface area contributed by atoms with Crippen LogP contribution in [-0.4, -0.2) is 41.1 Å². The number of hydrogen-bond acceptors (Lipinski definition) is 5. The second kappa shape index (κ2) is 11.9. The summed E-state index contributed by atoms with van der Waals surface area (Å²) in [5.74, 6) is 0.188. The number of amides is 1. The van der Waals surface area contributed by atoms with Gasteiger partial charge in [-0.3, -0.25) is 9.10 Å². The van der Waals surface area contributed by atoms with Gasteiger partial charge >= 0.3 is 0 Å². The molecule has 1 fully saturated rings. The predicted octanol–water partition coefficient (Wildman–Crippen LogP) is 5.14. The molecule has 0 aromatic heterocycles. The number of halogens is 1. The Morgan fingerprint density at radius 3 is 2.34 bits per heavy atom. The molecule has 3 aromatic carbocycles. The smallest absolute Gasteiger partial charge is 0.264 e. The summed E-state index contributed by atoms with van der Waals surface area (Å²) in [5, 5.41) is 2.90. The fourth-order valence-corrected chi connectivity index (χ4v) is 6.12. The molecule has 1 aliphatic heterocycles. The van der Waals surface area contributed by atoms with Gasteiger partial charge in [0.15, 0.2) is 0 Å². The number of methoxy groups -OCH3 is 1. The topological polar surface area (TPSA) is 79.0 Å². The molecule has 0 aliphatic carbocycles. The van der Waals surface area contributed by atoms with Crippen LogP contribution >= 0.6 is 0 Å². The third kappa shape index (κ3) is 6.45. The third-order valence-electron chi connectivity index (χ3n) is 6.84. The largest absolute Gasteiger partial charge is 0.497 e. The molecule has 2 atom stereocenters. The second-order valence-corrected chi connectivity index (χ2v) is 11.6. The minimum absolute atomic E-state index is 0.00825. The molecule has 0 saturated carbocycles. The molecule has 4 rings (SSSR count). The molecule has 0 bridgehead atoms. The summed E-state index contributed by atoms with van der Waals surface area (Å²) >= 11 is 0. The van der Waals surface area contributed by atoms with Crippen molar-refractivity contribution < 1.29 is 22.3 Å². The zero-order valence-corrected chi connectivity index (χ0v) is 22.7. The average molecular weight is 540 g/mol. The number of nitrogens with one attached hydrogen (secondary N) is 1. The van der Waals surface area contributed by atoms with Crippen LogP contribution in [0.1, 0.15) is 38.3 Å². The van der Waals surface area contributed by atoms with Crippen LogP contribution in [0, 0.1) is 11.7 Å². The zero-order valence-electron chi connectivity index (χ0n) is 21.9. The van der Waals surface area contributed by atoms with Crippen molar-refractivity contribution in [2.45, 2.75) is 37.6 Å². The molecule has 0 radical (unpaired) electrons. The number of sulfonamides is 1. The molecule has 7 nitrogen and oxygen atoms in total. The Bertz CT molecular complexity index is 1330. The summed E-state index contributed by atoms with van der Waals surface area (Å²) < 4.78 is 46.7. The molecule has 9 heteroatoms. The normalized spacial score (nSPS) is 16.5. The Hall–Kier alpha value is -3.59. The van der Waals surface area contributed by atoms with Gasteiger partial charge in [-0.25, -0.2) is 12.8 Å². The van der Waals surface area contributed by atoms with E-state index >= 15 is 0 Å². The Labute approximate surface area is 224 Å². The first-order chi connectivity index (χ1) is 18.2. The van der Waals surface area contributed by atoms with E-state index in [4.69, 9.17) is 4.74 Å². The lowest BCUT2D eigenvalue weighted by molar-refractivity contribution is -0.120. The van der Waals surface area contributed by atoms with Crippen LogP contribution in [0.3, 0.4) is 0 Å². The maximum Gasteiger partial charge on any atom is 0.264 e. The molecule has 202 valence electrons. The van der Waals surface area contributed by atoms with Gasteiger partial charge in [-0.2, -0.15) is 0 Å². The van der Waals surface area contributed by atoms with Gasteiger partial charge in [0.05, 0.1) is 23.7 Å². The first-order valence-corrected chi connectivity index (χ1v) is 14.2. The first kappa shape index (κ1) is 27.4. The predicted molar refractivity (Wildman–Crippen MR) is 148 cm³/mol. The monoisotopic (exact) mass is 539 g/mol. The van der Waals surface area contributed by atoms with E-state index in [0.29, 0.717) is 11.7 Å². The molecule has 0 spiro atoms. The Morgan fingerprint density at radius 2 is 1.74 bits per heavy atom. The van der Waals surface area contributed by atoms with Crippen LogP contribution in [0.25, 0.3) is 0 Å². The van der Waals surface area contributed by atoms with Crippen molar-refractivity contribution >= 4 is 27.3 Å². The molecule has 1 aliphatic rings. The van der Waals surface area contributed by atoms with E-state index in [1.165, 1.54) is 56.3 Å². The van der Waals surface area contributed by atoms with Crippen LogP contribution in [0.5, 0.6) is 5.75 Å². The van der Waals surface area contributed by atoms with Crippen molar-refractivity contribution in [3.05, 3.63) is 84.2 Å². The summed E-state index contributed by atoms with van der Waals surface area (Å²) in [6.45, 7) is 5.73. The molecule has 38 heavy (non-hydrogen) atoms. The van der Waals surface area contributed by atoms with E-state index in [2.05, 4.69) is 29.3 Å². The van der Waals surface area contributed by atoms with Crippen molar-refractivity contribution in [2.75, 3.05) is 35.9 Å². The van der Waals surface area contributed by atoms with E-state index < -0.39 is 28.3 Å². The van der Waals surface area contributed by atoms with Crippen molar-refractivity contribution in [3.63, 3.8) is 0 Å². The lowest BCUT2D eigenvalue weighted by Crippen LogP contribution is -2.41. The lowest BCUT2D eigenvalue weighted by atomic mass is 9.99. The summed E-state index contributed by atoms with van der Waals surface area (Å²) in [4.78, 5) is 15.5. The van der Waals surface area contributed by atoms with E-state index in [1.807, 2.05) is 19.1 Å². The van der Waals surface area contributed by atoms with Crippen LogP contribution in [0.15, 0.2) is 77.7 Å². The second-order valence-electron chi connectivity index (χ2n) is 9.74. The van der Waals surface area contributed by atoms with Crippen LogP contribution in [0.2, 0.25) is 0 Å². The number of carbonyl (C=O) groups is 1. The van der Waals surface area contributed by atoms with Crippen LogP contribution < -0.4 is 19.3 Å². The fraction of sp³-hybridized carbons (Fsp3) is 0.345. The number of hydrogen-bond donors (Lipinski definition) is 1. The summed E-state index contributed by atoms with van der Waals surface area (Å²) in [6, 6.07) is 18.7. The fourth-order valence-electron chi connectivity index (χ4n) is 4.70. The summed E-state index contributed by atoms with van der Waals surface area (Å²) in [6.07, 6.45) is 2.43. The molecule has 1 heterocycles. The summed E-state index contributed by atoms with van der Waals surface area (Å²) in [7, 11) is -2.63. The first-order valence-electron chi connectivity index (χ1n) is 12.7. The number of rotatable bonds is 9. The van der Waals surface area contributed by atoms with Gasteiger partial charge in [-0.15, -0.1) is 0 Å². The van der Waals surface area contributed by atoms with Crippen LogP contribution in [0.4, 0.5) is 15.8 Å². The van der Waals surface area contributed by atoms with E-state index in [9.17, 15) is 17.6 Å². The van der Waals surface area contributed by atoms with Gasteiger partial charge in [-0.05, 0) is 91.9 Å². The maximum absolute atomic E-state index is 13.6. The number of ether oxygens (including phenoxy) is 1. The Morgan fingerprint density at radius 1 is 1.08 bits per heavy atom. The SMILES string of the molecule is COc1ccc(S(=O)(=O)N(CC(=O)NC(C)c2ccc(N3CCCC(C)C3)cc2)c2ccc(F)cc2)cc1. The number of carbonyl (C=O) groups excluding carboxylic acids is 1. The molecule has 1 amide bonds. The van der Waals surface area contributed by atoms with Gasteiger partial charge in [0.1, 0.15) is 18.1 Å². The highest BCUT2D eigenvalue weighted by atomic mass is 32.2. The highest BCUT2D eigenvalue weighted by molar-refractivity contribution is 7.92. The third-order valence-corrected chi connectivity index (χ3v) is 8.63. The molecular formula is C29H34FN3O4S. The van der Waals surface area contributed by atoms with E-state index in [-0.39, 0.29) is 16.6 Å². The number of benzene rings is 3. The number of piperidine rings is 1. The van der Waals surface area contributed by atoms with Crippen molar-refractivity contribution in [3.8, 4) is 5.75 Å². The van der Waals surface area contributed by atoms with Gasteiger partial charge in [0.2, 0.25) is 5.91 Å². The van der Waals surface area contributed by atoms with Gasteiger partial charge in [0.25, 0.3) is 10.0 Å². The standard InChI is InChI=1S/C29H34FN3O4S/c1-21-5-4-18-32(19-21)25-10-6-23(7-11-25)22(2)31-29(34)20-33(26-12-8-24(30)9-13-26)38(35,36)28-16-14-27(37-3)15-17-28/h6-17,21-22H,4-5,18-20H2,1-3H3,(H,31,34). The average Bonchev–Trinajstić information content (AvgIpc) is 2.92. The van der Waals surface area contributed by atoms with Crippen molar-refractivity contribution in [2.24, 2.45) is 5.92 Å².